The van der Waals surface area contributed by atoms with Gasteiger partial charge in [-0.15, -0.1) is 0 Å². The molecule has 4 N–H and O–H groups in total. The van der Waals surface area contributed by atoms with Gasteiger partial charge < -0.3 is 25.5 Å². The number of piperidine rings is 1. The molecule has 0 saturated carbocycles. The quantitative estimate of drug-likeness (QED) is 0.300. The van der Waals surface area contributed by atoms with E-state index in [0.29, 0.717) is 32.5 Å². The summed E-state index contributed by atoms with van der Waals surface area (Å²) >= 11 is 0. The third kappa shape index (κ3) is 6.51. The van der Waals surface area contributed by atoms with Gasteiger partial charge in [-0.3, -0.25) is 14.4 Å². The Hall–Kier alpha value is -4.17. The molecule has 2 aromatic carbocycles. The van der Waals surface area contributed by atoms with Crippen LogP contribution in [0.2, 0.25) is 0 Å². The summed E-state index contributed by atoms with van der Waals surface area (Å²) in [6.07, 6.45) is 4.60. The van der Waals surface area contributed by atoms with Crippen molar-refractivity contribution in [3.05, 3.63) is 94.5 Å². The van der Waals surface area contributed by atoms with Crippen molar-refractivity contribution in [3.63, 3.8) is 0 Å². The van der Waals surface area contributed by atoms with Crippen LogP contribution in [-0.4, -0.2) is 51.9 Å². The van der Waals surface area contributed by atoms with E-state index in [9.17, 15) is 14.4 Å². The first-order valence-electron chi connectivity index (χ1n) is 14.0. The molecule has 1 fully saturated rings. The minimum atomic E-state index is -0.268. The molecule has 1 aliphatic heterocycles. The lowest BCUT2D eigenvalue weighted by Crippen LogP contribution is -2.42. The molecule has 1 saturated heterocycles. The molecule has 1 unspecified atom stereocenters. The number of carbonyl (C=O) groups excluding carboxylic acids is 2. The fourth-order valence-electron chi connectivity index (χ4n) is 5.76. The van der Waals surface area contributed by atoms with Crippen LogP contribution in [0.4, 0.5) is 0 Å². The van der Waals surface area contributed by atoms with E-state index in [2.05, 4.69) is 33.1 Å². The van der Waals surface area contributed by atoms with Crippen molar-refractivity contribution in [2.45, 2.75) is 51.1 Å². The van der Waals surface area contributed by atoms with Crippen LogP contribution in [0.5, 0.6) is 0 Å². The van der Waals surface area contributed by atoms with Gasteiger partial charge in [0.2, 0.25) is 17.4 Å². The van der Waals surface area contributed by atoms with Crippen LogP contribution < -0.4 is 16.6 Å². The summed E-state index contributed by atoms with van der Waals surface area (Å²) in [4.78, 5) is 40.7. The van der Waals surface area contributed by atoms with E-state index in [1.807, 2.05) is 41.3 Å². The number of aromatic nitrogens is 2. The number of H-pyrrole nitrogens is 1. The van der Waals surface area contributed by atoms with E-state index < -0.39 is 0 Å². The Morgan fingerprint density at radius 3 is 2.60 bits per heavy atom. The lowest BCUT2D eigenvalue weighted by atomic mass is 9.93. The molecular weight excluding hydrogens is 502 g/mol. The van der Waals surface area contributed by atoms with Gasteiger partial charge in [0.1, 0.15) is 0 Å². The summed E-state index contributed by atoms with van der Waals surface area (Å²) in [5.41, 5.74) is 11.7. The molecule has 0 spiro atoms. The van der Waals surface area contributed by atoms with Gasteiger partial charge in [-0.25, -0.2) is 0 Å². The Labute approximate surface area is 234 Å². The second kappa shape index (κ2) is 12.3. The van der Waals surface area contributed by atoms with Gasteiger partial charge in [-0.2, -0.15) is 0 Å². The number of rotatable bonds is 9. The van der Waals surface area contributed by atoms with Crippen molar-refractivity contribution < 1.29 is 9.59 Å². The largest absolute Gasteiger partial charge is 0.355 e. The maximum Gasteiger partial charge on any atom is 0.247 e. The number of hydrogen-bond acceptors (Lipinski definition) is 4. The van der Waals surface area contributed by atoms with Crippen molar-refractivity contribution in [2.24, 2.45) is 5.73 Å². The number of para-hydroxylation sites is 1. The SMILES string of the molecule is CC(=O)NCCn1c(C2CCCN(C(=O)C[C@H](N)Cc3ccc(-c4ccc(=O)[nH]c4)cc3)C2)cc2ccccc21. The number of fused-ring (bicyclic) bond motifs is 1. The number of pyridine rings is 1. The number of nitrogens with one attached hydrogen (secondary N) is 2. The summed E-state index contributed by atoms with van der Waals surface area (Å²) in [5, 5.41) is 4.09. The molecular formula is C32H37N5O3. The highest BCUT2D eigenvalue weighted by molar-refractivity contribution is 5.82. The van der Waals surface area contributed by atoms with Crippen LogP contribution >= 0.6 is 0 Å². The highest BCUT2D eigenvalue weighted by atomic mass is 16.2. The van der Waals surface area contributed by atoms with Gasteiger partial charge in [0, 0.05) is 75.0 Å². The van der Waals surface area contributed by atoms with Gasteiger partial charge in [0.15, 0.2) is 0 Å². The lowest BCUT2D eigenvalue weighted by molar-refractivity contribution is -0.132. The number of carbonyl (C=O) groups is 2. The number of amides is 2. The van der Waals surface area contributed by atoms with E-state index in [-0.39, 0.29) is 29.3 Å². The summed E-state index contributed by atoms with van der Waals surface area (Å²) < 4.78 is 2.30. The van der Waals surface area contributed by atoms with E-state index in [4.69, 9.17) is 5.73 Å². The maximum absolute atomic E-state index is 13.3. The Kier molecular flexibility index (Phi) is 8.45. The minimum Gasteiger partial charge on any atom is -0.355 e. The molecule has 4 aromatic rings. The number of nitrogens with zero attached hydrogens (tertiary/aromatic N) is 2. The van der Waals surface area contributed by atoms with Crippen molar-refractivity contribution in [1.29, 1.82) is 0 Å². The minimum absolute atomic E-state index is 0.0338. The van der Waals surface area contributed by atoms with Crippen LogP contribution in [0.15, 0.2) is 77.7 Å². The van der Waals surface area contributed by atoms with Gasteiger partial charge in [0.25, 0.3) is 0 Å². The molecule has 40 heavy (non-hydrogen) atoms. The topological polar surface area (TPSA) is 113 Å². The van der Waals surface area contributed by atoms with Crippen molar-refractivity contribution in [2.75, 3.05) is 19.6 Å². The molecule has 0 bridgehead atoms. The first-order chi connectivity index (χ1) is 19.4. The molecule has 2 amide bonds. The first-order valence-corrected chi connectivity index (χ1v) is 14.0. The van der Waals surface area contributed by atoms with Crippen LogP contribution in [0.25, 0.3) is 22.0 Å². The van der Waals surface area contributed by atoms with Crippen LogP contribution in [0.3, 0.4) is 0 Å². The fourth-order valence-corrected chi connectivity index (χ4v) is 5.76. The molecule has 8 heteroatoms. The van der Waals surface area contributed by atoms with Gasteiger partial charge in [0.05, 0.1) is 0 Å². The number of benzene rings is 2. The zero-order valence-corrected chi connectivity index (χ0v) is 22.9. The Balaban J connectivity index is 1.21. The average Bonchev–Trinajstić information content (AvgIpc) is 3.32. The van der Waals surface area contributed by atoms with Crippen LogP contribution in [-0.2, 0) is 22.6 Å². The van der Waals surface area contributed by atoms with E-state index >= 15 is 0 Å². The van der Waals surface area contributed by atoms with Crippen LogP contribution in [0.1, 0.15) is 43.4 Å². The zero-order chi connectivity index (χ0) is 28.1. The standard InChI is InChI=1S/C32H37N5O3/c1-22(38)34-14-16-37-29-7-3-2-5-25(29)18-30(37)27-6-4-15-36(21-27)32(40)19-28(33)17-23-8-10-24(11-9-23)26-12-13-31(39)35-20-26/h2-3,5,7-13,18,20,27-28H,4,6,14-17,19,21,33H2,1H3,(H,34,38)(H,35,39)/t27?,28-/m1/s1. The highest BCUT2D eigenvalue weighted by Crippen LogP contribution is 2.32. The average molecular weight is 540 g/mol. The molecule has 5 rings (SSSR count). The fraction of sp³-hybridized carbons (Fsp3) is 0.344. The number of aromatic amines is 1. The number of hydrogen-bond donors (Lipinski definition) is 3. The van der Waals surface area contributed by atoms with Gasteiger partial charge >= 0.3 is 0 Å². The van der Waals surface area contributed by atoms with Crippen LogP contribution in [0, 0.1) is 0 Å². The number of nitrogens with two attached hydrogens (primary N) is 1. The predicted molar refractivity (Wildman–Crippen MR) is 158 cm³/mol. The lowest BCUT2D eigenvalue weighted by Gasteiger charge is -2.34. The van der Waals surface area contributed by atoms with Gasteiger partial charge in [-0.05, 0) is 59.5 Å². The second-order valence-corrected chi connectivity index (χ2v) is 10.7. The van der Waals surface area contributed by atoms with Crippen molar-refractivity contribution in [1.82, 2.24) is 19.8 Å². The normalized spacial score (nSPS) is 16.1. The smallest absolute Gasteiger partial charge is 0.247 e. The second-order valence-electron chi connectivity index (χ2n) is 10.7. The summed E-state index contributed by atoms with van der Waals surface area (Å²) in [6, 6.07) is 21.7. The summed E-state index contributed by atoms with van der Waals surface area (Å²) in [5.74, 6) is 0.301. The first kappa shape index (κ1) is 27.4. The van der Waals surface area contributed by atoms with E-state index in [1.165, 1.54) is 24.1 Å². The molecule has 0 radical (unpaired) electrons. The van der Waals surface area contributed by atoms with Crippen molar-refractivity contribution >= 4 is 22.7 Å². The molecule has 2 atom stereocenters. The predicted octanol–water partition coefficient (Wildman–Crippen LogP) is 3.80. The third-order valence-electron chi connectivity index (χ3n) is 7.75. The monoisotopic (exact) mass is 539 g/mol. The van der Waals surface area contributed by atoms with E-state index in [1.54, 1.807) is 12.3 Å². The molecule has 1 aliphatic rings. The summed E-state index contributed by atoms with van der Waals surface area (Å²) in [7, 11) is 0. The Morgan fingerprint density at radius 2 is 1.85 bits per heavy atom. The van der Waals surface area contributed by atoms with Gasteiger partial charge in [-0.1, -0.05) is 42.5 Å². The Morgan fingerprint density at radius 1 is 1.07 bits per heavy atom. The Bertz CT molecular complexity index is 1520. The molecule has 2 aromatic heterocycles. The number of likely N-dealkylation sites (tertiary alicyclic amines) is 1. The maximum atomic E-state index is 13.3. The highest BCUT2D eigenvalue weighted by Gasteiger charge is 2.28. The third-order valence-corrected chi connectivity index (χ3v) is 7.75. The zero-order valence-electron chi connectivity index (χ0n) is 22.9. The van der Waals surface area contributed by atoms with E-state index in [0.717, 1.165) is 41.6 Å². The molecule has 208 valence electrons. The molecule has 0 aliphatic carbocycles. The van der Waals surface area contributed by atoms with Crippen molar-refractivity contribution in [3.8, 4) is 11.1 Å². The summed E-state index contributed by atoms with van der Waals surface area (Å²) in [6.45, 7) is 4.22. The molecule has 3 heterocycles. The molecule has 8 nitrogen and oxygen atoms in total.